The number of pyridine rings is 1. The van der Waals surface area contributed by atoms with Crippen LogP contribution in [0.25, 0.3) is 10.9 Å². The second kappa shape index (κ2) is 7.93. The standard InChI is InChI=1S/C24H25FN2O/c1-16(2)13-24(4,14-18-9-6-5-7-10-18)23(28)27-21-15-26-22-19(17(21)3)11-8-12-20(22)25/h5-12,15H,1,13-14H2,2-4H3,(H,27,28)/t24-/m1/s1. The molecule has 1 amide bonds. The van der Waals surface area contributed by atoms with E-state index in [1.807, 2.05) is 57.2 Å². The Balaban J connectivity index is 1.92. The van der Waals surface area contributed by atoms with E-state index in [1.165, 1.54) is 12.3 Å². The van der Waals surface area contributed by atoms with Crippen LogP contribution in [0, 0.1) is 18.2 Å². The molecule has 1 aromatic heterocycles. The Morgan fingerprint density at radius 2 is 1.89 bits per heavy atom. The number of carbonyl (C=O) groups is 1. The van der Waals surface area contributed by atoms with Gasteiger partial charge in [-0.05, 0) is 43.9 Å². The molecular formula is C24H25FN2O. The fourth-order valence-corrected chi connectivity index (χ4v) is 3.65. The smallest absolute Gasteiger partial charge is 0.231 e. The number of para-hydroxylation sites is 1. The number of fused-ring (bicyclic) bond motifs is 1. The highest BCUT2D eigenvalue weighted by molar-refractivity contribution is 5.98. The number of nitrogens with one attached hydrogen (secondary N) is 1. The fourth-order valence-electron chi connectivity index (χ4n) is 3.65. The zero-order valence-electron chi connectivity index (χ0n) is 16.6. The van der Waals surface area contributed by atoms with Crippen molar-refractivity contribution in [2.24, 2.45) is 5.41 Å². The quantitative estimate of drug-likeness (QED) is 0.550. The van der Waals surface area contributed by atoms with Crippen LogP contribution in [0.2, 0.25) is 0 Å². The Labute approximate surface area is 165 Å². The van der Waals surface area contributed by atoms with Crippen molar-refractivity contribution in [2.45, 2.75) is 33.6 Å². The molecule has 0 saturated carbocycles. The molecule has 3 nitrogen and oxygen atoms in total. The van der Waals surface area contributed by atoms with Crippen LogP contribution in [0.15, 0.2) is 66.9 Å². The summed E-state index contributed by atoms with van der Waals surface area (Å²) in [5.74, 6) is -0.463. The van der Waals surface area contributed by atoms with Crippen molar-refractivity contribution < 1.29 is 9.18 Å². The zero-order chi connectivity index (χ0) is 20.3. The molecule has 144 valence electrons. The molecule has 0 saturated heterocycles. The van der Waals surface area contributed by atoms with Gasteiger partial charge in [0.25, 0.3) is 0 Å². The van der Waals surface area contributed by atoms with E-state index in [0.29, 0.717) is 29.4 Å². The highest BCUT2D eigenvalue weighted by Crippen LogP contribution is 2.33. The Morgan fingerprint density at radius 3 is 2.57 bits per heavy atom. The molecule has 0 aliphatic carbocycles. The lowest BCUT2D eigenvalue weighted by Crippen LogP contribution is -2.36. The first-order chi connectivity index (χ1) is 13.3. The van der Waals surface area contributed by atoms with Crippen molar-refractivity contribution >= 4 is 22.5 Å². The number of allylic oxidation sites excluding steroid dienone is 1. The summed E-state index contributed by atoms with van der Waals surface area (Å²) < 4.78 is 14.0. The molecule has 2 aromatic carbocycles. The number of aryl methyl sites for hydroxylation is 1. The summed E-state index contributed by atoms with van der Waals surface area (Å²) in [4.78, 5) is 17.5. The van der Waals surface area contributed by atoms with Gasteiger partial charge < -0.3 is 5.32 Å². The van der Waals surface area contributed by atoms with E-state index in [-0.39, 0.29) is 11.7 Å². The average Bonchev–Trinajstić information content (AvgIpc) is 2.64. The topological polar surface area (TPSA) is 42.0 Å². The van der Waals surface area contributed by atoms with Gasteiger partial charge in [0.1, 0.15) is 11.3 Å². The number of aromatic nitrogens is 1. The summed E-state index contributed by atoms with van der Waals surface area (Å²) >= 11 is 0. The molecule has 1 N–H and O–H groups in total. The number of amides is 1. The predicted octanol–water partition coefficient (Wildman–Crippen LogP) is 5.84. The van der Waals surface area contributed by atoms with Gasteiger partial charge in [0.05, 0.1) is 17.3 Å². The van der Waals surface area contributed by atoms with E-state index >= 15 is 0 Å². The highest BCUT2D eigenvalue weighted by Gasteiger charge is 2.34. The second-order valence-corrected chi connectivity index (χ2v) is 7.74. The highest BCUT2D eigenvalue weighted by atomic mass is 19.1. The summed E-state index contributed by atoms with van der Waals surface area (Å²) in [6.45, 7) is 9.76. The number of anilines is 1. The van der Waals surface area contributed by atoms with E-state index in [1.54, 1.807) is 6.07 Å². The van der Waals surface area contributed by atoms with Crippen molar-refractivity contribution in [3.8, 4) is 0 Å². The molecule has 0 spiro atoms. The number of nitrogens with zero attached hydrogens (tertiary/aromatic N) is 1. The third kappa shape index (κ3) is 4.11. The van der Waals surface area contributed by atoms with E-state index < -0.39 is 5.41 Å². The lowest BCUT2D eigenvalue weighted by atomic mass is 9.77. The maximum Gasteiger partial charge on any atom is 0.231 e. The SMILES string of the molecule is C=C(C)C[C@](C)(Cc1ccccc1)C(=O)Nc1cnc2c(F)cccc2c1C. The number of rotatable bonds is 6. The molecule has 0 fully saturated rings. The second-order valence-electron chi connectivity index (χ2n) is 7.74. The molecule has 4 heteroatoms. The summed E-state index contributed by atoms with van der Waals surface area (Å²) in [6.07, 6.45) is 2.70. The van der Waals surface area contributed by atoms with E-state index in [4.69, 9.17) is 0 Å². The Bertz CT molecular complexity index is 1030. The van der Waals surface area contributed by atoms with Gasteiger partial charge in [-0.2, -0.15) is 0 Å². The summed E-state index contributed by atoms with van der Waals surface area (Å²) in [7, 11) is 0. The van der Waals surface area contributed by atoms with Crippen LogP contribution in [-0.4, -0.2) is 10.9 Å². The lowest BCUT2D eigenvalue weighted by Gasteiger charge is -2.29. The van der Waals surface area contributed by atoms with Crippen molar-refractivity contribution in [2.75, 3.05) is 5.32 Å². The van der Waals surface area contributed by atoms with Gasteiger partial charge in [0, 0.05) is 5.39 Å². The third-order valence-electron chi connectivity index (χ3n) is 5.04. The molecule has 3 aromatic rings. The van der Waals surface area contributed by atoms with E-state index in [2.05, 4.69) is 16.9 Å². The van der Waals surface area contributed by atoms with Crippen molar-refractivity contribution in [1.82, 2.24) is 4.98 Å². The Morgan fingerprint density at radius 1 is 1.18 bits per heavy atom. The van der Waals surface area contributed by atoms with Gasteiger partial charge in [-0.25, -0.2) is 4.39 Å². The van der Waals surface area contributed by atoms with Gasteiger partial charge in [-0.1, -0.05) is 55.0 Å². The molecule has 0 unspecified atom stereocenters. The molecule has 28 heavy (non-hydrogen) atoms. The summed E-state index contributed by atoms with van der Waals surface area (Å²) in [6, 6.07) is 14.8. The molecule has 3 rings (SSSR count). The first kappa shape index (κ1) is 19.7. The minimum absolute atomic E-state index is 0.0972. The van der Waals surface area contributed by atoms with Crippen LogP contribution in [0.1, 0.15) is 31.4 Å². The summed E-state index contributed by atoms with van der Waals surface area (Å²) in [5.41, 5.74) is 3.10. The summed E-state index contributed by atoms with van der Waals surface area (Å²) in [5, 5.41) is 3.72. The van der Waals surface area contributed by atoms with E-state index in [0.717, 1.165) is 16.7 Å². The number of benzene rings is 2. The average molecular weight is 376 g/mol. The minimum atomic E-state index is -0.656. The van der Waals surface area contributed by atoms with Crippen molar-refractivity contribution in [3.63, 3.8) is 0 Å². The molecule has 1 heterocycles. The van der Waals surface area contributed by atoms with Crippen LogP contribution in [0.4, 0.5) is 10.1 Å². The molecule has 1 atom stereocenters. The van der Waals surface area contributed by atoms with Crippen LogP contribution < -0.4 is 5.32 Å². The van der Waals surface area contributed by atoms with Gasteiger partial charge >= 0.3 is 0 Å². The number of carbonyl (C=O) groups excluding carboxylic acids is 1. The zero-order valence-corrected chi connectivity index (χ0v) is 16.6. The minimum Gasteiger partial charge on any atom is -0.324 e. The van der Waals surface area contributed by atoms with Gasteiger partial charge in [-0.15, -0.1) is 6.58 Å². The number of halogens is 1. The lowest BCUT2D eigenvalue weighted by molar-refractivity contribution is -0.124. The van der Waals surface area contributed by atoms with E-state index in [9.17, 15) is 9.18 Å². The molecular weight excluding hydrogens is 351 g/mol. The molecule has 0 bridgehead atoms. The van der Waals surface area contributed by atoms with Crippen molar-refractivity contribution in [3.05, 3.63) is 83.8 Å². The monoisotopic (exact) mass is 376 g/mol. The maximum atomic E-state index is 14.0. The third-order valence-corrected chi connectivity index (χ3v) is 5.04. The molecule has 0 aliphatic heterocycles. The van der Waals surface area contributed by atoms with Crippen LogP contribution in [0.5, 0.6) is 0 Å². The normalized spacial score (nSPS) is 13.1. The van der Waals surface area contributed by atoms with Gasteiger partial charge in [0.15, 0.2) is 0 Å². The first-order valence-electron chi connectivity index (χ1n) is 9.34. The van der Waals surface area contributed by atoms with Crippen molar-refractivity contribution in [1.29, 1.82) is 0 Å². The van der Waals surface area contributed by atoms with Crippen LogP contribution in [-0.2, 0) is 11.2 Å². The predicted molar refractivity (Wildman–Crippen MR) is 113 cm³/mol. The number of hydrogen-bond acceptors (Lipinski definition) is 2. The first-order valence-corrected chi connectivity index (χ1v) is 9.34. The Kier molecular flexibility index (Phi) is 5.59. The molecule has 0 radical (unpaired) electrons. The van der Waals surface area contributed by atoms with Gasteiger partial charge in [-0.3, -0.25) is 9.78 Å². The maximum absolute atomic E-state index is 14.0. The molecule has 0 aliphatic rings. The van der Waals surface area contributed by atoms with Gasteiger partial charge in [0.2, 0.25) is 5.91 Å². The Hall–Kier alpha value is -3.01. The fraction of sp³-hybridized carbons (Fsp3) is 0.250. The number of hydrogen-bond donors (Lipinski definition) is 1. The van der Waals surface area contributed by atoms with Crippen LogP contribution >= 0.6 is 0 Å². The largest absolute Gasteiger partial charge is 0.324 e. The van der Waals surface area contributed by atoms with Crippen LogP contribution in [0.3, 0.4) is 0 Å².